The number of anilines is 2. The zero-order valence-corrected chi connectivity index (χ0v) is 14.3. The van der Waals surface area contributed by atoms with Crippen LogP contribution in [-0.2, 0) is 4.74 Å². The fourth-order valence-corrected chi connectivity index (χ4v) is 2.96. The van der Waals surface area contributed by atoms with Crippen LogP contribution in [0, 0.1) is 15.9 Å². The Morgan fingerprint density at radius 2 is 1.96 bits per heavy atom. The van der Waals surface area contributed by atoms with Crippen molar-refractivity contribution in [2.75, 3.05) is 23.3 Å². The Kier molecular flexibility index (Phi) is 4.90. The molecule has 1 aliphatic rings. The molecule has 8 nitrogen and oxygen atoms in total. The van der Waals surface area contributed by atoms with Crippen LogP contribution in [0.5, 0.6) is 0 Å². The number of amides is 1. The molecule has 3 rings (SSSR count). The Bertz CT molecular complexity index is 828. The summed E-state index contributed by atoms with van der Waals surface area (Å²) < 4.78 is 25.0. The lowest BCUT2D eigenvalue weighted by molar-refractivity contribution is -0.402. The van der Waals surface area contributed by atoms with Crippen molar-refractivity contribution < 1.29 is 23.3 Å². The van der Waals surface area contributed by atoms with Crippen LogP contribution in [0.4, 0.5) is 21.6 Å². The van der Waals surface area contributed by atoms with E-state index in [0.29, 0.717) is 18.8 Å². The molecule has 2 atom stereocenters. The lowest BCUT2D eigenvalue weighted by Gasteiger charge is -2.37. The topological polar surface area (TPSA) is 97.9 Å². The van der Waals surface area contributed by atoms with Crippen LogP contribution in [0.25, 0.3) is 0 Å². The lowest BCUT2D eigenvalue weighted by Crippen LogP contribution is -2.45. The third kappa shape index (κ3) is 3.83. The van der Waals surface area contributed by atoms with Crippen LogP contribution < -0.4 is 10.2 Å². The van der Waals surface area contributed by atoms with Crippen molar-refractivity contribution in [3.05, 3.63) is 52.0 Å². The molecule has 1 aromatic carbocycles. The number of carbonyl (C=O) groups excluding carboxylic acids is 1. The maximum Gasteiger partial charge on any atom is 0.433 e. The number of nitro groups is 1. The minimum absolute atomic E-state index is 0.00716. The summed E-state index contributed by atoms with van der Waals surface area (Å²) >= 11 is 0. The van der Waals surface area contributed by atoms with Gasteiger partial charge in [-0.2, -0.15) is 0 Å². The number of ether oxygens (including phenoxy) is 1. The molecule has 26 heavy (non-hydrogen) atoms. The van der Waals surface area contributed by atoms with Crippen LogP contribution in [0.2, 0.25) is 0 Å². The van der Waals surface area contributed by atoms with Crippen LogP contribution in [0.15, 0.2) is 34.7 Å². The molecule has 1 aromatic heterocycles. The molecule has 1 saturated heterocycles. The highest BCUT2D eigenvalue weighted by atomic mass is 19.1. The van der Waals surface area contributed by atoms with Crippen molar-refractivity contribution in [2.24, 2.45) is 0 Å². The lowest BCUT2D eigenvalue weighted by atomic mass is 10.2. The minimum Gasteiger partial charge on any atom is -0.395 e. The van der Waals surface area contributed by atoms with Crippen LogP contribution in [0.1, 0.15) is 24.4 Å². The normalized spacial score (nSPS) is 20.0. The van der Waals surface area contributed by atoms with E-state index in [-0.39, 0.29) is 23.7 Å². The number of hydrogen-bond donors (Lipinski definition) is 1. The molecule has 1 N–H and O–H groups in total. The Hall–Kier alpha value is -2.94. The number of rotatable bonds is 4. The third-order valence-electron chi connectivity index (χ3n) is 3.96. The summed E-state index contributed by atoms with van der Waals surface area (Å²) in [5.41, 5.74) is 0.656. The van der Waals surface area contributed by atoms with Crippen molar-refractivity contribution in [3.8, 4) is 0 Å². The second-order valence-electron chi connectivity index (χ2n) is 6.18. The monoisotopic (exact) mass is 363 g/mol. The van der Waals surface area contributed by atoms with Gasteiger partial charge in [-0.15, -0.1) is 0 Å². The third-order valence-corrected chi connectivity index (χ3v) is 3.96. The second kappa shape index (κ2) is 7.12. The Morgan fingerprint density at radius 3 is 2.54 bits per heavy atom. The van der Waals surface area contributed by atoms with E-state index in [1.807, 2.05) is 18.7 Å². The first-order valence-corrected chi connectivity index (χ1v) is 8.09. The maximum absolute atomic E-state index is 14.5. The summed E-state index contributed by atoms with van der Waals surface area (Å²) in [5, 5.41) is 13.1. The molecule has 0 unspecified atom stereocenters. The predicted octanol–water partition coefficient (Wildman–Crippen LogP) is 3.19. The van der Waals surface area contributed by atoms with Gasteiger partial charge in [0.15, 0.2) is 5.76 Å². The van der Waals surface area contributed by atoms with Crippen LogP contribution in [0.3, 0.4) is 0 Å². The van der Waals surface area contributed by atoms with Gasteiger partial charge >= 0.3 is 5.88 Å². The van der Waals surface area contributed by atoms with Crippen molar-refractivity contribution in [1.29, 1.82) is 0 Å². The SMILES string of the molecule is C[C@@H]1CN(c2ccc(NC(=O)c3ccc([N+](=O)[O-])o3)cc2F)C[C@@H](C)O1. The first-order valence-electron chi connectivity index (χ1n) is 8.09. The highest BCUT2D eigenvalue weighted by Gasteiger charge is 2.24. The summed E-state index contributed by atoms with van der Waals surface area (Å²) in [5.74, 6) is -1.93. The Morgan fingerprint density at radius 1 is 1.27 bits per heavy atom. The molecule has 138 valence electrons. The standard InChI is InChI=1S/C17H18FN3O5/c1-10-8-20(9-11(2)25-10)14-4-3-12(7-13(14)18)19-17(22)15-5-6-16(26-15)21(23)24/h3-7,10-11H,8-9H2,1-2H3,(H,19,22)/t10-,11-/m1/s1. The number of morpholine rings is 1. The van der Waals surface area contributed by atoms with Crippen molar-refractivity contribution >= 4 is 23.2 Å². The quantitative estimate of drug-likeness (QED) is 0.662. The van der Waals surface area contributed by atoms with E-state index in [4.69, 9.17) is 9.15 Å². The zero-order valence-electron chi connectivity index (χ0n) is 14.3. The summed E-state index contributed by atoms with van der Waals surface area (Å²) in [6.45, 7) is 5.00. The number of carbonyl (C=O) groups is 1. The molecule has 9 heteroatoms. The number of nitrogens with zero attached hydrogens (tertiary/aromatic N) is 2. The van der Waals surface area contributed by atoms with Gasteiger partial charge in [0.1, 0.15) is 10.7 Å². The van der Waals surface area contributed by atoms with Gasteiger partial charge in [0, 0.05) is 18.8 Å². The van der Waals surface area contributed by atoms with Gasteiger partial charge in [0.2, 0.25) is 0 Å². The number of furan rings is 1. The van der Waals surface area contributed by atoms with Gasteiger partial charge in [-0.05, 0) is 38.1 Å². The summed E-state index contributed by atoms with van der Waals surface area (Å²) in [6, 6.07) is 6.63. The molecule has 0 bridgehead atoms. The maximum atomic E-state index is 14.5. The summed E-state index contributed by atoms with van der Waals surface area (Å²) in [6.07, 6.45) is -0.0143. The van der Waals surface area contributed by atoms with E-state index < -0.39 is 22.5 Å². The highest BCUT2D eigenvalue weighted by molar-refractivity contribution is 6.02. The van der Waals surface area contributed by atoms with Gasteiger partial charge in [0.05, 0.1) is 24.0 Å². The molecule has 2 heterocycles. The van der Waals surface area contributed by atoms with Gasteiger partial charge < -0.3 is 19.4 Å². The van der Waals surface area contributed by atoms with E-state index >= 15 is 0 Å². The van der Waals surface area contributed by atoms with Crippen molar-refractivity contribution in [1.82, 2.24) is 0 Å². The summed E-state index contributed by atoms with van der Waals surface area (Å²) in [4.78, 5) is 23.8. The molecule has 0 spiro atoms. The first kappa shape index (κ1) is 17.9. The average Bonchev–Trinajstić information content (AvgIpc) is 3.04. The second-order valence-corrected chi connectivity index (χ2v) is 6.18. The average molecular weight is 363 g/mol. The summed E-state index contributed by atoms with van der Waals surface area (Å²) in [7, 11) is 0. The van der Waals surface area contributed by atoms with Crippen molar-refractivity contribution in [3.63, 3.8) is 0 Å². The van der Waals surface area contributed by atoms with Crippen molar-refractivity contribution in [2.45, 2.75) is 26.1 Å². The minimum atomic E-state index is -0.741. The molecular formula is C17H18FN3O5. The fourth-order valence-electron chi connectivity index (χ4n) is 2.96. The molecule has 1 aliphatic heterocycles. The van der Waals surface area contributed by atoms with Gasteiger partial charge in [-0.3, -0.25) is 14.9 Å². The molecule has 0 saturated carbocycles. The van der Waals surface area contributed by atoms with E-state index in [0.717, 1.165) is 6.07 Å². The first-order chi connectivity index (χ1) is 12.3. The number of hydrogen-bond acceptors (Lipinski definition) is 6. The molecule has 1 amide bonds. The van der Waals surface area contributed by atoms with E-state index in [2.05, 4.69) is 5.32 Å². The number of benzene rings is 1. The fraction of sp³-hybridized carbons (Fsp3) is 0.353. The highest BCUT2D eigenvalue weighted by Crippen LogP contribution is 2.26. The molecule has 1 fully saturated rings. The largest absolute Gasteiger partial charge is 0.433 e. The molecule has 2 aromatic rings. The van der Waals surface area contributed by atoms with Gasteiger partial charge in [0.25, 0.3) is 5.91 Å². The van der Waals surface area contributed by atoms with E-state index in [1.165, 1.54) is 12.1 Å². The number of halogens is 1. The van der Waals surface area contributed by atoms with Gasteiger partial charge in [-0.25, -0.2) is 4.39 Å². The molecule has 0 radical (unpaired) electrons. The zero-order chi connectivity index (χ0) is 18.8. The molecular weight excluding hydrogens is 345 g/mol. The van der Waals surface area contributed by atoms with Crippen LogP contribution in [-0.4, -0.2) is 36.1 Å². The molecule has 0 aliphatic carbocycles. The number of nitrogens with one attached hydrogen (secondary N) is 1. The Balaban J connectivity index is 1.72. The Labute approximate surface area is 148 Å². The van der Waals surface area contributed by atoms with Crippen LogP contribution >= 0.6 is 0 Å². The smallest absolute Gasteiger partial charge is 0.395 e. The predicted molar refractivity (Wildman–Crippen MR) is 91.9 cm³/mol. The van der Waals surface area contributed by atoms with Gasteiger partial charge in [-0.1, -0.05) is 0 Å². The van der Waals surface area contributed by atoms with E-state index in [9.17, 15) is 19.3 Å². The van der Waals surface area contributed by atoms with E-state index in [1.54, 1.807) is 12.1 Å².